The lowest BCUT2D eigenvalue weighted by Crippen LogP contribution is -2.34. The molecule has 6 nitrogen and oxygen atoms in total. The monoisotopic (exact) mass is 273 g/mol. The molecule has 102 valence electrons. The third-order valence-corrected chi connectivity index (χ3v) is 4.98. The van der Waals surface area contributed by atoms with Crippen molar-refractivity contribution in [3.8, 4) is 0 Å². The Hall–Kier alpha value is -0.950. The van der Waals surface area contributed by atoms with Crippen LogP contribution in [0.5, 0.6) is 0 Å². The van der Waals surface area contributed by atoms with E-state index in [0.717, 1.165) is 25.7 Å². The zero-order valence-electron chi connectivity index (χ0n) is 10.6. The average Bonchev–Trinajstić information content (AvgIpc) is 2.87. The zero-order valence-corrected chi connectivity index (χ0v) is 11.4. The number of sulfone groups is 1. The van der Waals surface area contributed by atoms with Crippen LogP contribution < -0.4 is 5.73 Å². The SMILES string of the molecule is CCCS(=O)(=O)Cc1nc(C2(N)CCCC2)no1. The van der Waals surface area contributed by atoms with E-state index >= 15 is 0 Å². The van der Waals surface area contributed by atoms with Gasteiger partial charge >= 0.3 is 0 Å². The Balaban J connectivity index is 2.11. The van der Waals surface area contributed by atoms with Gasteiger partial charge in [-0.15, -0.1) is 0 Å². The van der Waals surface area contributed by atoms with Crippen LogP contribution in [0.4, 0.5) is 0 Å². The van der Waals surface area contributed by atoms with E-state index in [0.29, 0.717) is 12.2 Å². The topological polar surface area (TPSA) is 99.1 Å². The predicted molar refractivity (Wildman–Crippen MR) is 66.4 cm³/mol. The summed E-state index contributed by atoms with van der Waals surface area (Å²) in [7, 11) is -3.15. The van der Waals surface area contributed by atoms with Crippen molar-refractivity contribution in [2.24, 2.45) is 5.73 Å². The summed E-state index contributed by atoms with van der Waals surface area (Å²) >= 11 is 0. The molecule has 2 N–H and O–H groups in total. The molecule has 0 unspecified atom stereocenters. The van der Waals surface area contributed by atoms with Gasteiger partial charge in [0.15, 0.2) is 15.7 Å². The highest BCUT2D eigenvalue weighted by Crippen LogP contribution is 2.34. The van der Waals surface area contributed by atoms with Crippen LogP contribution in [0.15, 0.2) is 4.52 Å². The van der Waals surface area contributed by atoms with Gasteiger partial charge in [-0.3, -0.25) is 0 Å². The second-order valence-electron chi connectivity index (χ2n) is 4.97. The van der Waals surface area contributed by atoms with Crippen molar-refractivity contribution in [2.45, 2.75) is 50.3 Å². The summed E-state index contributed by atoms with van der Waals surface area (Å²) in [6.45, 7) is 1.82. The zero-order chi connectivity index (χ0) is 13.2. The minimum Gasteiger partial charge on any atom is -0.338 e. The van der Waals surface area contributed by atoms with Crippen LogP contribution in [0, 0.1) is 0 Å². The third-order valence-electron chi connectivity index (χ3n) is 3.27. The predicted octanol–water partition coefficient (Wildman–Crippen LogP) is 1.12. The van der Waals surface area contributed by atoms with E-state index in [1.807, 2.05) is 6.92 Å². The van der Waals surface area contributed by atoms with Gasteiger partial charge in [-0.1, -0.05) is 24.9 Å². The van der Waals surface area contributed by atoms with Gasteiger partial charge in [0.05, 0.1) is 11.3 Å². The molecule has 7 heteroatoms. The summed E-state index contributed by atoms with van der Waals surface area (Å²) in [6, 6.07) is 0. The van der Waals surface area contributed by atoms with E-state index in [9.17, 15) is 8.42 Å². The number of hydrogen-bond donors (Lipinski definition) is 1. The van der Waals surface area contributed by atoms with E-state index in [4.69, 9.17) is 10.3 Å². The molecule has 0 atom stereocenters. The smallest absolute Gasteiger partial charge is 0.241 e. The molecule has 0 radical (unpaired) electrons. The summed E-state index contributed by atoms with van der Waals surface area (Å²) < 4.78 is 28.3. The van der Waals surface area contributed by atoms with Gasteiger partial charge in [-0.2, -0.15) is 4.98 Å². The fourth-order valence-corrected chi connectivity index (χ4v) is 3.58. The first-order chi connectivity index (χ1) is 8.45. The quantitative estimate of drug-likeness (QED) is 0.863. The summed E-state index contributed by atoms with van der Waals surface area (Å²) in [6.07, 6.45) is 4.34. The Labute approximate surface area is 107 Å². The van der Waals surface area contributed by atoms with E-state index in [1.54, 1.807) is 0 Å². The minimum absolute atomic E-state index is 0.137. The first-order valence-corrected chi connectivity index (χ1v) is 8.10. The standard InChI is InChI=1S/C11H19N3O3S/c1-2-7-18(15,16)8-9-13-10(14-17-9)11(12)5-3-4-6-11/h2-8,12H2,1H3. The molecule has 0 bridgehead atoms. The maximum atomic E-state index is 11.7. The summed E-state index contributed by atoms with van der Waals surface area (Å²) in [4.78, 5) is 4.15. The third kappa shape index (κ3) is 2.89. The van der Waals surface area contributed by atoms with Gasteiger partial charge < -0.3 is 10.3 Å². The average molecular weight is 273 g/mol. The molecule has 0 saturated heterocycles. The first kappa shape index (κ1) is 13.5. The van der Waals surface area contributed by atoms with Gasteiger partial charge in [-0.25, -0.2) is 8.42 Å². The fraction of sp³-hybridized carbons (Fsp3) is 0.818. The van der Waals surface area contributed by atoms with Crippen molar-refractivity contribution in [2.75, 3.05) is 5.75 Å². The van der Waals surface area contributed by atoms with Gasteiger partial charge in [0.25, 0.3) is 0 Å². The maximum absolute atomic E-state index is 11.7. The number of aromatic nitrogens is 2. The van der Waals surface area contributed by atoms with Gasteiger partial charge in [0.2, 0.25) is 5.89 Å². The van der Waals surface area contributed by atoms with E-state index in [2.05, 4.69) is 10.1 Å². The molecule has 1 saturated carbocycles. The second-order valence-corrected chi connectivity index (χ2v) is 7.15. The normalized spacial score (nSPS) is 19.2. The number of rotatable bonds is 5. The highest BCUT2D eigenvalue weighted by atomic mass is 32.2. The van der Waals surface area contributed by atoms with E-state index < -0.39 is 15.4 Å². The molecule has 1 aromatic heterocycles. The van der Waals surface area contributed by atoms with Crippen LogP contribution in [-0.2, 0) is 21.1 Å². The lowest BCUT2D eigenvalue weighted by molar-refractivity contribution is 0.354. The molecule has 0 aliphatic heterocycles. The van der Waals surface area contributed by atoms with Crippen molar-refractivity contribution >= 4 is 9.84 Å². The van der Waals surface area contributed by atoms with Crippen molar-refractivity contribution in [3.05, 3.63) is 11.7 Å². The summed E-state index contributed by atoms with van der Waals surface area (Å²) in [5.41, 5.74) is 5.65. The van der Waals surface area contributed by atoms with Crippen LogP contribution in [0.1, 0.15) is 50.7 Å². The van der Waals surface area contributed by atoms with Crippen molar-refractivity contribution in [1.29, 1.82) is 0 Å². The molecule has 2 rings (SSSR count). The van der Waals surface area contributed by atoms with Crippen molar-refractivity contribution in [1.82, 2.24) is 10.1 Å². The molecule has 1 aliphatic rings. The number of hydrogen-bond acceptors (Lipinski definition) is 6. The molecular weight excluding hydrogens is 254 g/mol. The molecule has 0 aromatic carbocycles. The second kappa shape index (κ2) is 4.97. The molecule has 1 heterocycles. The Bertz CT molecular complexity index is 503. The van der Waals surface area contributed by atoms with E-state index in [-0.39, 0.29) is 17.4 Å². The van der Waals surface area contributed by atoms with E-state index in [1.165, 1.54) is 0 Å². The minimum atomic E-state index is -3.15. The molecule has 0 amide bonds. The summed E-state index contributed by atoms with van der Waals surface area (Å²) in [5.74, 6) is 0.541. The number of nitrogens with two attached hydrogens (primary N) is 1. The highest BCUT2D eigenvalue weighted by Gasteiger charge is 2.36. The molecular formula is C11H19N3O3S. The van der Waals surface area contributed by atoms with Gasteiger partial charge in [0.1, 0.15) is 5.75 Å². The first-order valence-electron chi connectivity index (χ1n) is 6.27. The maximum Gasteiger partial charge on any atom is 0.241 e. The van der Waals surface area contributed by atoms with Crippen LogP contribution in [0.3, 0.4) is 0 Å². The Kier molecular flexibility index (Phi) is 3.72. The lowest BCUT2D eigenvalue weighted by atomic mass is 9.99. The fourth-order valence-electron chi connectivity index (χ4n) is 2.32. The Morgan fingerprint density at radius 3 is 2.67 bits per heavy atom. The van der Waals surface area contributed by atoms with Gasteiger partial charge in [-0.05, 0) is 19.3 Å². The highest BCUT2D eigenvalue weighted by molar-refractivity contribution is 7.90. The van der Waals surface area contributed by atoms with Crippen LogP contribution in [0.2, 0.25) is 0 Å². The van der Waals surface area contributed by atoms with Crippen LogP contribution >= 0.6 is 0 Å². The van der Waals surface area contributed by atoms with Crippen LogP contribution in [0.25, 0.3) is 0 Å². The lowest BCUT2D eigenvalue weighted by Gasteiger charge is -2.17. The van der Waals surface area contributed by atoms with Crippen molar-refractivity contribution < 1.29 is 12.9 Å². The number of nitrogens with zero attached hydrogens (tertiary/aromatic N) is 2. The molecule has 18 heavy (non-hydrogen) atoms. The van der Waals surface area contributed by atoms with Crippen molar-refractivity contribution in [3.63, 3.8) is 0 Å². The molecule has 1 aliphatic carbocycles. The van der Waals surface area contributed by atoms with Crippen LogP contribution in [-0.4, -0.2) is 24.3 Å². The molecule has 1 aromatic rings. The van der Waals surface area contributed by atoms with Gasteiger partial charge in [0, 0.05) is 0 Å². The Morgan fingerprint density at radius 1 is 1.39 bits per heavy atom. The molecule has 1 fully saturated rings. The Morgan fingerprint density at radius 2 is 2.06 bits per heavy atom. The molecule has 0 spiro atoms. The largest absolute Gasteiger partial charge is 0.338 e. The summed E-state index contributed by atoms with van der Waals surface area (Å²) in [5, 5.41) is 3.84.